The molecule has 1 rings (SSSR count). The summed E-state index contributed by atoms with van der Waals surface area (Å²) < 4.78 is 0. The van der Waals surface area contributed by atoms with E-state index < -0.39 is 0 Å². The normalized spacial score (nSPS) is 9.75. The SMILES string of the molecule is O=C=N/C=C/c1ccccc1Cl. The molecule has 0 saturated heterocycles. The highest BCUT2D eigenvalue weighted by Crippen LogP contribution is 2.15. The van der Waals surface area contributed by atoms with E-state index in [4.69, 9.17) is 11.6 Å². The highest BCUT2D eigenvalue weighted by Gasteiger charge is 1.91. The zero-order chi connectivity index (χ0) is 8.81. The van der Waals surface area contributed by atoms with E-state index in [-0.39, 0.29) is 0 Å². The van der Waals surface area contributed by atoms with Crippen LogP contribution in [0.3, 0.4) is 0 Å². The third kappa shape index (κ3) is 2.35. The Balaban J connectivity index is 2.89. The number of hydrogen-bond donors (Lipinski definition) is 0. The molecule has 2 nitrogen and oxygen atoms in total. The summed E-state index contributed by atoms with van der Waals surface area (Å²) in [5.41, 5.74) is 0.832. The number of halogens is 1. The van der Waals surface area contributed by atoms with Gasteiger partial charge in [0.1, 0.15) is 0 Å². The van der Waals surface area contributed by atoms with E-state index in [2.05, 4.69) is 4.99 Å². The van der Waals surface area contributed by atoms with Crippen LogP contribution in [0.4, 0.5) is 0 Å². The molecule has 0 spiro atoms. The Morgan fingerprint density at radius 2 is 2.17 bits per heavy atom. The highest BCUT2D eigenvalue weighted by atomic mass is 35.5. The van der Waals surface area contributed by atoms with Crippen LogP contribution in [0, 0.1) is 0 Å². The Morgan fingerprint density at radius 3 is 2.83 bits per heavy atom. The van der Waals surface area contributed by atoms with Crippen LogP contribution in [0.5, 0.6) is 0 Å². The summed E-state index contributed by atoms with van der Waals surface area (Å²) in [6.45, 7) is 0. The first kappa shape index (κ1) is 8.72. The summed E-state index contributed by atoms with van der Waals surface area (Å²) in [6.07, 6.45) is 4.40. The minimum Gasteiger partial charge on any atom is -0.211 e. The van der Waals surface area contributed by atoms with Crippen molar-refractivity contribution in [1.29, 1.82) is 0 Å². The fraction of sp³-hybridized carbons (Fsp3) is 0. The van der Waals surface area contributed by atoms with Crippen LogP contribution in [0.2, 0.25) is 5.02 Å². The molecule has 0 aliphatic rings. The van der Waals surface area contributed by atoms with Crippen molar-refractivity contribution in [3.63, 3.8) is 0 Å². The lowest BCUT2D eigenvalue weighted by Crippen LogP contribution is -1.71. The Hall–Kier alpha value is -1.37. The summed E-state index contributed by atoms with van der Waals surface area (Å²) in [4.78, 5) is 13.0. The Labute approximate surface area is 75.2 Å². The molecule has 0 radical (unpaired) electrons. The van der Waals surface area contributed by atoms with Gasteiger partial charge < -0.3 is 0 Å². The van der Waals surface area contributed by atoms with Crippen molar-refractivity contribution in [2.24, 2.45) is 4.99 Å². The number of nitrogens with zero attached hydrogens (tertiary/aromatic N) is 1. The zero-order valence-electron chi connectivity index (χ0n) is 6.20. The van der Waals surface area contributed by atoms with Gasteiger partial charge in [-0.2, -0.15) is 4.99 Å². The van der Waals surface area contributed by atoms with Gasteiger partial charge >= 0.3 is 0 Å². The first-order chi connectivity index (χ1) is 5.84. The lowest BCUT2D eigenvalue weighted by molar-refractivity contribution is 0.565. The first-order valence-electron chi connectivity index (χ1n) is 3.32. The van der Waals surface area contributed by atoms with Crippen molar-refractivity contribution in [3.05, 3.63) is 41.1 Å². The predicted octanol–water partition coefficient (Wildman–Crippen LogP) is 2.65. The lowest BCUT2D eigenvalue weighted by atomic mass is 10.2. The molecule has 0 aromatic heterocycles. The fourth-order valence-corrected chi connectivity index (χ4v) is 0.957. The molecule has 3 heteroatoms. The van der Waals surface area contributed by atoms with Crippen molar-refractivity contribution in [2.45, 2.75) is 0 Å². The van der Waals surface area contributed by atoms with Crippen LogP contribution < -0.4 is 0 Å². The van der Waals surface area contributed by atoms with Gasteiger partial charge in [0.25, 0.3) is 0 Å². The summed E-state index contributed by atoms with van der Waals surface area (Å²) in [5.74, 6) is 0. The van der Waals surface area contributed by atoms with Crippen molar-refractivity contribution in [2.75, 3.05) is 0 Å². The van der Waals surface area contributed by atoms with Gasteiger partial charge in [0.05, 0.1) is 0 Å². The molecule has 1 aromatic rings. The molecular formula is C9H6ClNO. The monoisotopic (exact) mass is 179 g/mol. The standard InChI is InChI=1S/C9H6ClNO/c10-9-4-2-1-3-8(9)5-6-11-7-12/h1-6H/b6-5+. The Morgan fingerprint density at radius 1 is 1.42 bits per heavy atom. The van der Waals surface area contributed by atoms with Crippen LogP contribution in [0.1, 0.15) is 5.56 Å². The predicted molar refractivity (Wildman–Crippen MR) is 48.6 cm³/mol. The molecule has 0 bridgehead atoms. The topological polar surface area (TPSA) is 29.4 Å². The maximum atomic E-state index is 9.70. The van der Waals surface area contributed by atoms with Crippen molar-refractivity contribution in [3.8, 4) is 0 Å². The Bertz CT molecular complexity index is 340. The number of isocyanates is 1. The Kier molecular flexibility index (Phi) is 3.27. The van der Waals surface area contributed by atoms with E-state index in [1.807, 2.05) is 18.2 Å². The van der Waals surface area contributed by atoms with Crippen molar-refractivity contribution >= 4 is 23.8 Å². The van der Waals surface area contributed by atoms with Crippen LogP contribution in [-0.2, 0) is 4.79 Å². The zero-order valence-corrected chi connectivity index (χ0v) is 6.95. The van der Waals surface area contributed by atoms with E-state index in [0.29, 0.717) is 5.02 Å². The van der Waals surface area contributed by atoms with Gasteiger partial charge in [-0.25, -0.2) is 4.79 Å². The number of benzene rings is 1. The second-order valence-corrected chi connectivity index (χ2v) is 2.46. The summed E-state index contributed by atoms with van der Waals surface area (Å²) in [6, 6.07) is 7.30. The van der Waals surface area contributed by atoms with E-state index in [1.165, 1.54) is 12.3 Å². The second-order valence-electron chi connectivity index (χ2n) is 2.06. The van der Waals surface area contributed by atoms with Gasteiger partial charge in [0.15, 0.2) is 0 Å². The average molecular weight is 180 g/mol. The van der Waals surface area contributed by atoms with Gasteiger partial charge in [-0.1, -0.05) is 29.8 Å². The number of hydrogen-bond acceptors (Lipinski definition) is 2. The van der Waals surface area contributed by atoms with Gasteiger partial charge in [-0.3, -0.25) is 0 Å². The third-order valence-electron chi connectivity index (χ3n) is 1.29. The first-order valence-corrected chi connectivity index (χ1v) is 3.70. The molecule has 0 aliphatic heterocycles. The summed E-state index contributed by atoms with van der Waals surface area (Å²) in [7, 11) is 0. The largest absolute Gasteiger partial charge is 0.239 e. The summed E-state index contributed by atoms with van der Waals surface area (Å²) in [5, 5.41) is 0.634. The molecule has 0 amide bonds. The molecule has 0 aliphatic carbocycles. The fourth-order valence-electron chi connectivity index (χ4n) is 0.758. The van der Waals surface area contributed by atoms with Gasteiger partial charge in [-0.15, -0.1) is 0 Å². The third-order valence-corrected chi connectivity index (χ3v) is 1.63. The van der Waals surface area contributed by atoms with Crippen LogP contribution in [-0.4, -0.2) is 6.08 Å². The number of aliphatic imine (C=N–C) groups is 1. The van der Waals surface area contributed by atoms with Gasteiger partial charge in [0.2, 0.25) is 6.08 Å². The van der Waals surface area contributed by atoms with E-state index in [1.54, 1.807) is 12.1 Å². The molecule has 0 atom stereocenters. The maximum Gasteiger partial charge on any atom is 0.239 e. The van der Waals surface area contributed by atoms with Crippen LogP contribution >= 0.6 is 11.6 Å². The second kappa shape index (κ2) is 4.50. The molecule has 0 heterocycles. The van der Waals surface area contributed by atoms with E-state index in [0.717, 1.165) is 5.56 Å². The van der Waals surface area contributed by atoms with Crippen LogP contribution in [0.25, 0.3) is 6.08 Å². The maximum absolute atomic E-state index is 9.70. The molecule has 1 aromatic carbocycles. The van der Waals surface area contributed by atoms with Crippen molar-refractivity contribution < 1.29 is 4.79 Å². The van der Waals surface area contributed by atoms with Crippen molar-refractivity contribution in [1.82, 2.24) is 0 Å². The minimum atomic E-state index is 0.634. The average Bonchev–Trinajstić information content (AvgIpc) is 2.09. The van der Waals surface area contributed by atoms with Gasteiger partial charge in [0, 0.05) is 11.2 Å². The molecule has 0 N–H and O–H groups in total. The molecule has 60 valence electrons. The minimum absolute atomic E-state index is 0.634. The van der Waals surface area contributed by atoms with Crippen LogP contribution in [0.15, 0.2) is 35.5 Å². The smallest absolute Gasteiger partial charge is 0.211 e. The quantitative estimate of drug-likeness (QED) is 0.507. The molecule has 0 unspecified atom stereocenters. The molecular weight excluding hydrogens is 174 g/mol. The highest BCUT2D eigenvalue weighted by molar-refractivity contribution is 6.32. The van der Waals surface area contributed by atoms with E-state index in [9.17, 15) is 4.79 Å². The van der Waals surface area contributed by atoms with Gasteiger partial charge in [-0.05, 0) is 17.7 Å². The van der Waals surface area contributed by atoms with E-state index >= 15 is 0 Å². The molecule has 0 saturated carbocycles. The number of rotatable bonds is 2. The lowest BCUT2D eigenvalue weighted by Gasteiger charge is -1.93. The molecule has 12 heavy (non-hydrogen) atoms. The number of carbonyl (C=O) groups excluding carboxylic acids is 1. The summed E-state index contributed by atoms with van der Waals surface area (Å²) >= 11 is 5.81. The molecule has 0 fully saturated rings.